The van der Waals surface area contributed by atoms with Crippen LogP contribution in [0.5, 0.6) is 0 Å². The Morgan fingerprint density at radius 2 is 2.04 bits per heavy atom. The summed E-state index contributed by atoms with van der Waals surface area (Å²) in [5.41, 5.74) is 1.78. The van der Waals surface area contributed by atoms with Gasteiger partial charge in [0.2, 0.25) is 11.9 Å². The van der Waals surface area contributed by atoms with Gasteiger partial charge in [-0.3, -0.25) is 4.57 Å². The largest absolute Gasteiger partial charge is 0.351 e. The highest BCUT2D eigenvalue weighted by atomic mass is 15.5. The number of anilines is 1. The lowest BCUT2D eigenvalue weighted by atomic mass is 10.3. The molecule has 8 heteroatoms. The van der Waals surface area contributed by atoms with E-state index in [9.17, 15) is 0 Å². The van der Waals surface area contributed by atoms with E-state index in [2.05, 4.69) is 37.2 Å². The lowest BCUT2D eigenvalue weighted by Crippen LogP contribution is -2.10. The summed E-state index contributed by atoms with van der Waals surface area (Å²) in [6.07, 6.45) is 6.81. The Morgan fingerprint density at radius 3 is 2.88 bits per heavy atom. The van der Waals surface area contributed by atoms with E-state index >= 15 is 0 Å². The van der Waals surface area contributed by atoms with Crippen LogP contribution in [0.25, 0.3) is 22.8 Å². The predicted molar refractivity (Wildman–Crippen MR) is 90.3 cm³/mol. The van der Waals surface area contributed by atoms with Crippen LogP contribution in [0.1, 0.15) is 0 Å². The molecule has 8 nitrogen and oxygen atoms in total. The van der Waals surface area contributed by atoms with Crippen LogP contribution in [0.15, 0.2) is 61.6 Å². The Bertz CT molecular complexity index is 986. The van der Waals surface area contributed by atoms with E-state index in [1.165, 1.54) is 0 Å². The number of benzene rings is 1. The molecule has 1 N–H and O–H groups in total. The van der Waals surface area contributed by atoms with E-state index in [4.69, 9.17) is 0 Å². The molecule has 0 bridgehead atoms. The Balaban J connectivity index is 1.92. The first kappa shape index (κ1) is 14.1. The van der Waals surface area contributed by atoms with Crippen molar-refractivity contribution in [3.63, 3.8) is 0 Å². The van der Waals surface area contributed by atoms with Crippen LogP contribution in [0, 0.1) is 0 Å². The summed E-state index contributed by atoms with van der Waals surface area (Å²) >= 11 is 0. The number of aromatic nitrogens is 7. The Hall–Kier alpha value is -3.55. The zero-order valence-electron chi connectivity index (χ0n) is 12.7. The number of nitrogens with zero attached hydrogens (tertiary/aromatic N) is 7. The molecule has 0 saturated carbocycles. The van der Waals surface area contributed by atoms with Gasteiger partial charge in [0.25, 0.3) is 0 Å². The van der Waals surface area contributed by atoms with E-state index in [-0.39, 0.29) is 0 Å². The summed E-state index contributed by atoms with van der Waals surface area (Å²) in [6.45, 7) is 4.27. The highest BCUT2D eigenvalue weighted by molar-refractivity contribution is 5.79. The van der Waals surface area contributed by atoms with Crippen molar-refractivity contribution in [2.24, 2.45) is 0 Å². The third kappa shape index (κ3) is 2.39. The summed E-state index contributed by atoms with van der Waals surface area (Å²) in [5.74, 6) is 1.83. The van der Waals surface area contributed by atoms with Crippen molar-refractivity contribution >= 4 is 17.0 Å². The highest BCUT2D eigenvalue weighted by Gasteiger charge is 2.15. The minimum atomic E-state index is 0.523. The molecule has 0 atom stereocenters. The maximum Gasteiger partial charge on any atom is 0.239 e. The molecule has 0 fully saturated rings. The lowest BCUT2D eigenvalue weighted by Gasteiger charge is -2.09. The maximum absolute atomic E-state index is 4.65. The zero-order chi connectivity index (χ0) is 16.4. The molecular weight excluding hydrogens is 304 g/mol. The fourth-order valence-corrected chi connectivity index (χ4v) is 2.43. The van der Waals surface area contributed by atoms with Crippen molar-refractivity contribution in [1.29, 1.82) is 0 Å². The van der Waals surface area contributed by atoms with Crippen molar-refractivity contribution in [3.05, 3.63) is 61.6 Å². The average Bonchev–Trinajstić information content (AvgIpc) is 3.27. The molecule has 0 saturated heterocycles. The van der Waals surface area contributed by atoms with E-state index < -0.39 is 0 Å². The number of hydrogen-bond acceptors (Lipinski definition) is 6. The van der Waals surface area contributed by atoms with E-state index in [0.717, 1.165) is 11.0 Å². The molecule has 0 aliphatic carbocycles. The number of hydrogen-bond donors (Lipinski definition) is 1. The molecule has 3 heterocycles. The minimum absolute atomic E-state index is 0.523. The number of nitrogens with one attached hydrogen (secondary N) is 1. The van der Waals surface area contributed by atoms with Gasteiger partial charge in [0, 0.05) is 18.8 Å². The summed E-state index contributed by atoms with van der Waals surface area (Å²) in [5, 5.41) is 11.0. The molecule has 24 heavy (non-hydrogen) atoms. The molecule has 4 rings (SSSR count). The van der Waals surface area contributed by atoms with Gasteiger partial charge in [-0.15, -0.1) is 11.7 Å². The fraction of sp³-hybridized carbons (Fsp3) is 0.0625. The molecular formula is C16H14N8. The maximum atomic E-state index is 4.65. The smallest absolute Gasteiger partial charge is 0.239 e. The van der Waals surface area contributed by atoms with E-state index in [1.807, 2.05) is 34.9 Å². The molecule has 0 aliphatic heterocycles. The van der Waals surface area contributed by atoms with Crippen molar-refractivity contribution < 1.29 is 0 Å². The van der Waals surface area contributed by atoms with Crippen LogP contribution in [0.4, 0.5) is 5.95 Å². The molecule has 4 aromatic rings. The monoisotopic (exact) mass is 318 g/mol. The van der Waals surface area contributed by atoms with Gasteiger partial charge in [0.1, 0.15) is 5.82 Å². The first-order chi connectivity index (χ1) is 11.9. The number of para-hydroxylation sites is 2. The van der Waals surface area contributed by atoms with Gasteiger partial charge in [-0.25, -0.2) is 9.97 Å². The SMILES string of the molecule is C=CCNc1nccc(-n2c(-n3ccnn3)nc3ccccc32)n1. The molecule has 0 unspecified atom stereocenters. The van der Waals surface area contributed by atoms with Crippen LogP contribution in [0.3, 0.4) is 0 Å². The third-order valence-corrected chi connectivity index (χ3v) is 3.45. The van der Waals surface area contributed by atoms with Crippen LogP contribution in [-0.4, -0.2) is 41.1 Å². The molecule has 1 aromatic carbocycles. The zero-order valence-corrected chi connectivity index (χ0v) is 12.7. The van der Waals surface area contributed by atoms with Gasteiger partial charge in [-0.1, -0.05) is 23.4 Å². The first-order valence-corrected chi connectivity index (χ1v) is 7.39. The lowest BCUT2D eigenvalue weighted by molar-refractivity contribution is 0.741. The van der Waals surface area contributed by atoms with Gasteiger partial charge >= 0.3 is 0 Å². The number of imidazole rings is 1. The summed E-state index contributed by atoms with van der Waals surface area (Å²) in [7, 11) is 0. The molecule has 0 amide bonds. The molecule has 0 spiro atoms. The van der Waals surface area contributed by atoms with Gasteiger partial charge < -0.3 is 5.32 Å². The standard InChI is InChI=1S/C16H14N8/c1-2-8-17-15-18-9-7-14(21-15)24-13-6-4-3-5-12(13)20-16(24)23-11-10-19-22-23/h2-7,9-11H,1,8H2,(H,17,18,21). The molecule has 0 aliphatic rings. The van der Waals surface area contributed by atoms with E-state index in [1.54, 1.807) is 29.3 Å². The summed E-state index contributed by atoms with van der Waals surface area (Å²) in [6, 6.07) is 9.67. The van der Waals surface area contributed by atoms with Gasteiger partial charge in [-0.2, -0.15) is 9.67 Å². The van der Waals surface area contributed by atoms with Gasteiger partial charge in [0.05, 0.1) is 23.4 Å². The second kappa shape index (κ2) is 5.92. The number of rotatable bonds is 5. The average molecular weight is 318 g/mol. The summed E-state index contributed by atoms with van der Waals surface area (Å²) in [4.78, 5) is 13.4. The van der Waals surface area contributed by atoms with Crippen molar-refractivity contribution in [2.75, 3.05) is 11.9 Å². The Morgan fingerprint density at radius 1 is 1.12 bits per heavy atom. The third-order valence-electron chi connectivity index (χ3n) is 3.45. The van der Waals surface area contributed by atoms with Crippen molar-refractivity contribution in [3.8, 4) is 11.8 Å². The second-order valence-electron chi connectivity index (χ2n) is 4.99. The first-order valence-electron chi connectivity index (χ1n) is 7.39. The normalized spacial score (nSPS) is 10.8. The van der Waals surface area contributed by atoms with Crippen LogP contribution < -0.4 is 5.32 Å². The molecule has 3 aromatic heterocycles. The quantitative estimate of drug-likeness (QED) is 0.566. The van der Waals surface area contributed by atoms with Gasteiger partial charge in [-0.05, 0) is 12.1 Å². The second-order valence-corrected chi connectivity index (χ2v) is 4.99. The Labute approximate surface area is 137 Å². The van der Waals surface area contributed by atoms with Crippen LogP contribution in [-0.2, 0) is 0 Å². The Kier molecular flexibility index (Phi) is 3.47. The number of fused-ring (bicyclic) bond motifs is 1. The van der Waals surface area contributed by atoms with Crippen LogP contribution >= 0.6 is 0 Å². The van der Waals surface area contributed by atoms with Crippen molar-refractivity contribution in [1.82, 2.24) is 34.5 Å². The fourth-order valence-electron chi connectivity index (χ4n) is 2.43. The minimum Gasteiger partial charge on any atom is -0.351 e. The highest BCUT2D eigenvalue weighted by Crippen LogP contribution is 2.22. The molecule has 118 valence electrons. The molecule has 0 radical (unpaired) electrons. The predicted octanol–water partition coefficient (Wildman–Crippen LogP) is 1.99. The topological polar surface area (TPSA) is 86.3 Å². The van der Waals surface area contributed by atoms with E-state index in [0.29, 0.717) is 24.3 Å². The van der Waals surface area contributed by atoms with Crippen molar-refractivity contribution in [2.45, 2.75) is 0 Å². The summed E-state index contributed by atoms with van der Waals surface area (Å²) < 4.78 is 3.53. The van der Waals surface area contributed by atoms with Gasteiger partial charge in [0.15, 0.2) is 0 Å². The van der Waals surface area contributed by atoms with Crippen LogP contribution in [0.2, 0.25) is 0 Å².